The predicted octanol–water partition coefficient (Wildman–Crippen LogP) is 2.69. The van der Waals surface area contributed by atoms with Gasteiger partial charge in [-0.05, 0) is 6.07 Å². The Morgan fingerprint density at radius 2 is 2.47 bits per heavy atom. The second-order valence-corrected chi connectivity index (χ2v) is 5.11. The van der Waals surface area contributed by atoms with Gasteiger partial charge in [0.2, 0.25) is 0 Å². The van der Waals surface area contributed by atoms with Gasteiger partial charge in [0.15, 0.2) is 0 Å². The quantitative estimate of drug-likeness (QED) is 0.760. The van der Waals surface area contributed by atoms with Gasteiger partial charge in [0.25, 0.3) is 0 Å². The number of hydrogen-bond acceptors (Lipinski definition) is 4. The number of thioether (sulfide) groups is 1. The molecule has 0 unspecified atom stereocenters. The van der Waals surface area contributed by atoms with Gasteiger partial charge in [0.1, 0.15) is 6.07 Å². The average molecular weight is 233 g/mol. The van der Waals surface area contributed by atoms with Crippen molar-refractivity contribution in [3.05, 3.63) is 29.0 Å². The minimum absolute atomic E-state index is 0.809. The van der Waals surface area contributed by atoms with Gasteiger partial charge in [-0.3, -0.25) is 4.98 Å². The average Bonchev–Trinajstić information content (AvgIpc) is 2.94. The SMILES string of the molecule is N#Cc1cc(-c2cncs2)n2c1CSC2. The highest BCUT2D eigenvalue weighted by Gasteiger charge is 2.21. The van der Waals surface area contributed by atoms with E-state index >= 15 is 0 Å². The van der Waals surface area contributed by atoms with Crippen molar-refractivity contribution in [1.82, 2.24) is 9.55 Å². The highest BCUT2D eigenvalue weighted by Crippen LogP contribution is 2.35. The van der Waals surface area contributed by atoms with Crippen LogP contribution < -0.4 is 0 Å². The molecule has 0 aliphatic carbocycles. The summed E-state index contributed by atoms with van der Waals surface area (Å²) in [6, 6.07) is 4.23. The molecule has 0 bridgehead atoms. The van der Waals surface area contributed by atoms with E-state index in [1.54, 1.807) is 11.3 Å². The first kappa shape index (κ1) is 9.01. The van der Waals surface area contributed by atoms with Crippen molar-refractivity contribution in [3.8, 4) is 16.6 Å². The summed E-state index contributed by atoms with van der Waals surface area (Å²) in [4.78, 5) is 5.21. The molecule has 0 atom stereocenters. The van der Waals surface area contributed by atoms with Crippen molar-refractivity contribution in [2.24, 2.45) is 0 Å². The Kier molecular flexibility index (Phi) is 2.04. The van der Waals surface area contributed by atoms with Gasteiger partial charge in [-0.2, -0.15) is 5.26 Å². The molecule has 0 amide bonds. The van der Waals surface area contributed by atoms with Gasteiger partial charge in [-0.25, -0.2) is 0 Å². The van der Waals surface area contributed by atoms with Gasteiger partial charge in [0.05, 0.1) is 27.5 Å². The van der Waals surface area contributed by atoms with Crippen LogP contribution in [0.2, 0.25) is 0 Å². The molecule has 0 fully saturated rings. The lowest BCUT2D eigenvalue weighted by Crippen LogP contribution is -1.93. The Morgan fingerprint density at radius 1 is 1.53 bits per heavy atom. The first-order valence-corrected chi connectivity index (χ1v) is 6.52. The first-order chi connectivity index (χ1) is 7.40. The molecular formula is C10H7N3S2. The molecule has 0 saturated heterocycles. The van der Waals surface area contributed by atoms with Gasteiger partial charge >= 0.3 is 0 Å². The first-order valence-electron chi connectivity index (χ1n) is 4.49. The molecule has 1 aliphatic rings. The van der Waals surface area contributed by atoms with Crippen LogP contribution in [0, 0.1) is 11.3 Å². The number of rotatable bonds is 1. The van der Waals surface area contributed by atoms with Crippen LogP contribution in [0.4, 0.5) is 0 Å². The van der Waals surface area contributed by atoms with E-state index in [4.69, 9.17) is 5.26 Å². The fraction of sp³-hybridized carbons (Fsp3) is 0.200. The van der Waals surface area contributed by atoms with Crippen molar-refractivity contribution in [2.75, 3.05) is 0 Å². The molecule has 3 rings (SSSR count). The summed E-state index contributed by atoms with van der Waals surface area (Å²) in [6.07, 6.45) is 1.86. The van der Waals surface area contributed by atoms with Crippen LogP contribution >= 0.6 is 23.1 Å². The molecule has 0 spiro atoms. The van der Waals surface area contributed by atoms with Crippen LogP contribution in [0.1, 0.15) is 11.3 Å². The third-order valence-electron chi connectivity index (χ3n) is 2.47. The molecule has 3 heterocycles. The van der Waals surface area contributed by atoms with E-state index in [9.17, 15) is 0 Å². The fourth-order valence-electron chi connectivity index (χ4n) is 1.77. The molecule has 3 nitrogen and oxygen atoms in total. The maximum atomic E-state index is 9.03. The van der Waals surface area contributed by atoms with Gasteiger partial charge < -0.3 is 4.57 Å². The summed E-state index contributed by atoms with van der Waals surface area (Å²) >= 11 is 3.46. The summed E-state index contributed by atoms with van der Waals surface area (Å²) in [6.45, 7) is 0. The van der Waals surface area contributed by atoms with E-state index in [2.05, 4.69) is 15.6 Å². The summed E-state index contributed by atoms with van der Waals surface area (Å²) < 4.78 is 2.22. The standard InChI is InChI=1S/C10H7N3S2/c11-2-7-1-8(10-3-12-5-15-10)13-6-14-4-9(7)13/h1,3,5H,4,6H2. The van der Waals surface area contributed by atoms with Crippen LogP contribution in [0.3, 0.4) is 0 Å². The molecule has 0 radical (unpaired) electrons. The molecular weight excluding hydrogens is 226 g/mol. The van der Waals surface area contributed by atoms with Crippen molar-refractivity contribution in [3.63, 3.8) is 0 Å². The normalized spacial score (nSPS) is 13.8. The third-order valence-corrected chi connectivity index (χ3v) is 4.19. The summed E-state index contributed by atoms with van der Waals surface area (Å²) in [5.74, 6) is 1.89. The van der Waals surface area contributed by atoms with E-state index < -0.39 is 0 Å². The van der Waals surface area contributed by atoms with Gasteiger partial charge in [0, 0.05) is 17.6 Å². The third kappa shape index (κ3) is 1.29. The lowest BCUT2D eigenvalue weighted by Gasteiger charge is -2.01. The smallest absolute Gasteiger partial charge is 0.101 e. The van der Waals surface area contributed by atoms with Crippen LogP contribution in [0.15, 0.2) is 17.8 Å². The molecule has 0 aromatic carbocycles. The maximum absolute atomic E-state index is 9.03. The molecule has 2 aromatic heterocycles. The predicted molar refractivity (Wildman–Crippen MR) is 61.6 cm³/mol. The maximum Gasteiger partial charge on any atom is 0.101 e. The van der Waals surface area contributed by atoms with Crippen molar-refractivity contribution < 1.29 is 0 Å². The number of nitriles is 1. The van der Waals surface area contributed by atoms with Crippen molar-refractivity contribution >= 4 is 23.1 Å². The van der Waals surface area contributed by atoms with E-state index in [-0.39, 0.29) is 0 Å². The Morgan fingerprint density at radius 3 is 3.20 bits per heavy atom. The number of nitrogens with zero attached hydrogens (tertiary/aromatic N) is 3. The minimum Gasteiger partial charge on any atom is -0.332 e. The Bertz CT molecular complexity index is 534. The zero-order chi connectivity index (χ0) is 10.3. The highest BCUT2D eigenvalue weighted by atomic mass is 32.2. The summed E-state index contributed by atoms with van der Waals surface area (Å²) in [7, 11) is 0. The van der Waals surface area contributed by atoms with E-state index in [0.717, 1.165) is 33.5 Å². The largest absolute Gasteiger partial charge is 0.332 e. The van der Waals surface area contributed by atoms with E-state index in [1.165, 1.54) is 0 Å². The van der Waals surface area contributed by atoms with Crippen molar-refractivity contribution in [1.29, 1.82) is 5.26 Å². The van der Waals surface area contributed by atoms with Crippen LogP contribution in [0.5, 0.6) is 0 Å². The number of thiazole rings is 1. The summed E-state index contributed by atoms with van der Waals surface area (Å²) in [5, 5.41) is 9.03. The highest BCUT2D eigenvalue weighted by molar-refractivity contribution is 7.97. The second-order valence-electron chi connectivity index (χ2n) is 3.27. The molecule has 1 aliphatic heterocycles. The Hall–Kier alpha value is -1.25. The zero-order valence-electron chi connectivity index (χ0n) is 7.80. The number of fused-ring (bicyclic) bond motifs is 1. The molecule has 5 heteroatoms. The van der Waals surface area contributed by atoms with Crippen molar-refractivity contribution in [2.45, 2.75) is 11.6 Å². The number of aromatic nitrogens is 2. The molecule has 0 saturated carbocycles. The van der Waals surface area contributed by atoms with Crippen LogP contribution in [-0.4, -0.2) is 9.55 Å². The van der Waals surface area contributed by atoms with Crippen LogP contribution in [0.25, 0.3) is 10.6 Å². The zero-order valence-corrected chi connectivity index (χ0v) is 9.44. The van der Waals surface area contributed by atoms with Crippen LogP contribution in [-0.2, 0) is 11.6 Å². The van der Waals surface area contributed by atoms with Gasteiger partial charge in [-0.1, -0.05) is 0 Å². The Balaban J connectivity index is 2.22. The molecule has 0 N–H and O–H groups in total. The monoisotopic (exact) mass is 233 g/mol. The topological polar surface area (TPSA) is 41.6 Å². The number of hydrogen-bond donors (Lipinski definition) is 0. The van der Waals surface area contributed by atoms with E-state index in [0.29, 0.717) is 0 Å². The second kappa shape index (κ2) is 3.40. The summed E-state index contributed by atoms with van der Waals surface area (Å²) in [5.41, 5.74) is 4.92. The minimum atomic E-state index is 0.809. The van der Waals surface area contributed by atoms with Gasteiger partial charge in [-0.15, -0.1) is 23.1 Å². The lowest BCUT2D eigenvalue weighted by molar-refractivity contribution is 0.897. The molecule has 2 aromatic rings. The van der Waals surface area contributed by atoms with E-state index in [1.807, 2.05) is 29.5 Å². The lowest BCUT2D eigenvalue weighted by atomic mass is 10.2. The molecule has 74 valence electrons. The Labute approximate surface area is 95.4 Å². The fourth-order valence-corrected chi connectivity index (χ4v) is 3.49. The molecule has 15 heavy (non-hydrogen) atoms.